The van der Waals surface area contributed by atoms with E-state index in [-0.39, 0.29) is 42.7 Å². The maximum absolute atomic E-state index is 12.3. The standard InChI is InChI=1S/C18H28N5O7PS/c1-4-5-6-28-31(27,32)29-8-12-11(24)7-13(30-12)23-9-19-14-15(23)20-18(22-17(14)26)21-16(25)10(2)3/h9-13,24H,4-8H2,1-3H3,(H,27,32)(H2,20,21,22,25,26)/p-1/t11-,12+,13+,31?/m0/s1. The lowest BCUT2D eigenvalue weighted by Gasteiger charge is -2.23. The summed E-state index contributed by atoms with van der Waals surface area (Å²) < 4.78 is 17.9. The molecule has 2 aromatic heterocycles. The summed E-state index contributed by atoms with van der Waals surface area (Å²) in [4.78, 5) is 37.0. The molecular weight excluding hydrogens is 461 g/mol. The first-order valence-electron chi connectivity index (χ1n) is 10.3. The number of hydrogen-bond acceptors (Lipinski definition) is 11. The number of H-pyrrole nitrogens is 1. The van der Waals surface area contributed by atoms with E-state index < -0.39 is 37.0 Å². The van der Waals surface area contributed by atoms with Crippen LogP contribution in [0, 0.1) is 5.92 Å². The number of rotatable bonds is 10. The van der Waals surface area contributed by atoms with Gasteiger partial charge in [-0.15, -0.1) is 0 Å². The van der Waals surface area contributed by atoms with Gasteiger partial charge in [-0.3, -0.25) is 14.3 Å². The predicted octanol–water partition coefficient (Wildman–Crippen LogP) is 0.864. The van der Waals surface area contributed by atoms with Gasteiger partial charge in [-0.25, -0.2) is 14.9 Å². The Bertz CT molecular complexity index is 1010. The van der Waals surface area contributed by atoms with Crippen LogP contribution in [-0.4, -0.2) is 60.8 Å². The molecule has 1 unspecified atom stereocenters. The molecule has 0 aliphatic carbocycles. The van der Waals surface area contributed by atoms with E-state index in [1.807, 2.05) is 6.92 Å². The monoisotopic (exact) mass is 488 g/mol. The molecule has 3 rings (SSSR count). The molecular formula is C18H27N5O7PS-. The molecule has 0 bridgehead atoms. The summed E-state index contributed by atoms with van der Waals surface area (Å²) in [6.07, 6.45) is 0.750. The first-order chi connectivity index (χ1) is 15.1. The first kappa shape index (κ1) is 25.0. The Morgan fingerprint density at radius 2 is 2.28 bits per heavy atom. The van der Waals surface area contributed by atoms with E-state index in [0.717, 1.165) is 12.8 Å². The Labute approximate surface area is 190 Å². The molecule has 3 heterocycles. The Hall–Kier alpha value is -1.60. The third-order valence-corrected chi connectivity index (χ3v) is 6.42. The number of aromatic nitrogens is 4. The lowest BCUT2D eigenvalue weighted by Crippen LogP contribution is -2.26. The Morgan fingerprint density at radius 1 is 1.53 bits per heavy atom. The second kappa shape index (κ2) is 10.6. The summed E-state index contributed by atoms with van der Waals surface area (Å²) >= 11 is 4.97. The third kappa shape index (κ3) is 6.04. The highest BCUT2D eigenvalue weighted by Gasteiger charge is 2.38. The summed E-state index contributed by atoms with van der Waals surface area (Å²) in [7, 11) is -3.43. The van der Waals surface area contributed by atoms with Crippen LogP contribution in [0.2, 0.25) is 0 Å². The molecule has 32 heavy (non-hydrogen) atoms. The number of aliphatic hydroxyl groups excluding tert-OH is 1. The maximum Gasteiger partial charge on any atom is 0.286 e. The number of aromatic amines is 1. The molecule has 0 saturated carbocycles. The van der Waals surface area contributed by atoms with Crippen LogP contribution in [0.15, 0.2) is 16.1 Å². The highest BCUT2D eigenvalue weighted by molar-refractivity contribution is 8.35. The van der Waals surface area contributed by atoms with Gasteiger partial charge in [0.05, 0.1) is 19.0 Å². The van der Waals surface area contributed by atoms with Crippen LogP contribution >= 0.6 is 7.15 Å². The molecule has 3 N–H and O–H groups in total. The van der Waals surface area contributed by atoms with Crippen molar-refractivity contribution in [1.82, 2.24) is 19.5 Å². The zero-order chi connectivity index (χ0) is 23.5. The van der Waals surface area contributed by atoms with Crippen molar-refractivity contribution in [3.05, 3.63) is 16.7 Å². The molecule has 0 spiro atoms. The molecule has 14 heteroatoms. The van der Waals surface area contributed by atoms with Gasteiger partial charge < -0.3 is 27.2 Å². The van der Waals surface area contributed by atoms with Crippen molar-refractivity contribution in [2.24, 2.45) is 10.9 Å². The largest absolute Gasteiger partial charge is 0.861 e. The van der Waals surface area contributed by atoms with Crippen molar-refractivity contribution in [1.29, 1.82) is 0 Å². The van der Waals surface area contributed by atoms with E-state index in [4.69, 9.17) is 26.0 Å². The number of nitrogens with zero attached hydrogens (tertiary/aromatic N) is 4. The molecule has 1 fully saturated rings. The molecule has 0 aromatic carbocycles. The number of unbranched alkanes of at least 4 members (excludes halogenated alkanes) is 1. The number of hydrogen-bond donors (Lipinski definition) is 3. The van der Waals surface area contributed by atoms with Gasteiger partial charge in [0.2, 0.25) is 5.95 Å². The van der Waals surface area contributed by atoms with Crippen molar-refractivity contribution in [3.8, 4) is 0 Å². The van der Waals surface area contributed by atoms with Crippen molar-refractivity contribution < 1.29 is 28.9 Å². The second-order valence-corrected chi connectivity index (χ2v) is 10.5. The molecule has 4 atom stereocenters. The number of fused-ring (bicyclic) bond motifs is 1. The van der Waals surface area contributed by atoms with Crippen molar-refractivity contribution in [2.45, 2.75) is 58.5 Å². The number of ether oxygens (including phenoxy) is 1. The Morgan fingerprint density at radius 3 is 2.97 bits per heavy atom. The predicted molar refractivity (Wildman–Crippen MR) is 118 cm³/mol. The summed E-state index contributed by atoms with van der Waals surface area (Å²) in [5, 5.41) is 22.3. The molecule has 1 aliphatic heterocycles. The van der Waals surface area contributed by atoms with Crippen molar-refractivity contribution in [3.63, 3.8) is 0 Å². The van der Waals surface area contributed by atoms with Gasteiger partial charge in [-0.1, -0.05) is 27.2 Å². The molecule has 1 aliphatic rings. The van der Waals surface area contributed by atoms with E-state index >= 15 is 0 Å². The molecule has 0 amide bonds. The number of aliphatic imine (C=N–C) groups is 1. The fraction of sp³-hybridized carbons (Fsp3) is 0.667. The van der Waals surface area contributed by atoms with Crippen molar-refractivity contribution in [2.75, 3.05) is 13.2 Å². The molecule has 12 nitrogen and oxygen atoms in total. The Kier molecular flexibility index (Phi) is 8.26. The number of imidazole rings is 1. The minimum Gasteiger partial charge on any atom is -0.861 e. The topological polar surface area (TPSA) is 167 Å². The second-order valence-electron chi connectivity index (χ2n) is 7.70. The van der Waals surface area contributed by atoms with E-state index in [9.17, 15) is 19.9 Å². The van der Waals surface area contributed by atoms with Crippen LogP contribution in [-0.2, 0) is 26.0 Å². The van der Waals surface area contributed by atoms with E-state index in [2.05, 4.69) is 19.9 Å². The van der Waals surface area contributed by atoms with Gasteiger partial charge in [0.1, 0.15) is 18.9 Å². The molecule has 2 aromatic rings. The number of nitrogens with one attached hydrogen (secondary N) is 1. The van der Waals surface area contributed by atoms with Crippen LogP contribution < -0.4 is 10.7 Å². The van der Waals surface area contributed by atoms with Crippen LogP contribution in [0.5, 0.6) is 0 Å². The molecule has 1 saturated heterocycles. The summed E-state index contributed by atoms with van der Waals surface area (Å²) in [6.45, 7) is 5.47. The maximum atomic E-state index is 12.3. The van der Waals surface area contributed by atoms with Gasteiger partial charge in [0.25, 0.3) is 12.7 Å². The summed E-state index contributed by atoms with van der Waals surface area (Å²) in [5.74, 6) is -0.914. The van der Waals surface area contributed by atoms with Crippen molar-refractivity contribution >= 4 is 42.4 Å². The van der Waals surface area contributed by atoms with Gasteiger partial charge in [0.15, 0.2) is 11.2 Å². The van der Waals surface area contributed by atoms with E-state index in [1.54, 1.807) is 13.8 Å². The van der Waals surface area contributed by atoms with Gasteiger partial charge >= 0.3 is 0 Å². The average Bonchev–Trinajstić information content (AvgIpc) is 3.30. The van der Waals surface area contributed by atoms with E-state index in [1.165, 1.54) is 10.9 Å². The van der Waals surface area contributed by atoms with Gasteiger partial charge in [-0.2, -0.15) is 14.0 Å². The lowest BCUT2D eigenvalue weighted by molar-refractivity contribution is -0.222. The fourth-order valence-electron chi connectivity index (χ4n) is 2.98. The van der Waals surface area contributed by atoms with Gasteiger partial charge in [0, 0.05) is 6.42 Å². The zero-order valence-electron chi connectivity index (χ0n) is 18.0. The zero-order valence-corrected chi connectivity index (χ0v) is 19.7. The normalized spacial score (nSPS) is 23.8. The summed E-state index contributed by atoms with van der Waals surface area (Å²) in [5.41, 5.74) is -0.334. The lowest BCUT2D eigenvalue weighted by atomic mass is 10.2. The average molecular weight is 488 g/mol. The highest BCUT2D eigenvalue weighted by atomic mass is 32.7. The van der Waals surface area contributed by atoms with E-state index in [0.29, 0.717) is 0 Å². The van der Waals surface area contributed by atoms with Crippen LogP contribution in [0.4, 0.5) is 5.95 Å². The summed E-state index contributed by atoms with van der Waals surface area (Å²) in [6, 6.07) is 0. The third-order valence-electron chi connectivity index (χ3n) is 4.80. The smallest absolute Gasteiger partial charge is 0.286 e. The van der Waals surface area contributed by atoms with Crippen LogP contribution in [0.1, 0.15) is 46.3 Å². The molecule has 178 valence electrons. The highest BCUT2D eigenvalue weighted by Crippen LogP contribution is 2.55. The first-order valence-corrected chi connectivity index (χ1v) is 12.9. The Balaban J connectivity index is 1.74. The SMILES string of the molecule is CCCCO[P+](O)([S-])OC[C@H]1O[C@@H](n2cnc3c(=O)[nH]c(N=C([O-])C(C)C)nc32)C[C@@H]1O. The number of aliphatic hydroxyl groups is 1. The minimum absolute atomic E-state index is 0.0499. The quantitative estimate of drug-likeness (QED) is 0.143. The fourth-order valence-corrected chi connectivity index (χ4v) is 4.15. The van der Waals surface area contributed by atoms with Crippen LogP contribution in [0.25, 0.3) is 11.2 Å². The van der Waals surface area contributed by atoms with Crippen LogP contribution in [0.3, 0.4) is 0 Å². The minimum atomic E-state index is -3.43. The molecule has 0 radical (unpaired) electrons. The van der Waals surface area contributed by atoms with Gasteiger partial charge in [-0.05, 0) is 18.2 Å².